The lowest BCUT2D eigenvalue weighted by Crippen LogP contribution is -2.15. The highest BCUT2D eigenvalue weighted by atomic mass is 35.5. The zero-order valence-corrected chi connectivity index (χ0v) is 17.5. The Labute approximate surface area is 186 Å². The van der Waals surface area contributed by atoms with Gasteiger partial charge in [0, 0.05) is 16.7 Å². The molecule has 0 saturated carbocycles. The Kier molecular flexibility index (Phi) is 6.78. The van der Waals surface area contributed by atoms with Gasteiger partial charge in [-0.1, -0.05) is 34.4 Å². The van der Waals surface area contributed by atoms with Gasteiger partial charge < -0.3 is 19.7 Å². The third-order valence-corrected chi connectivity index (χ3v) is 4.53. The van der Waals surface area contributed by atoms with Crippen LogP contribution in [0.15, 0.2) is 58.1 Å². The van der Waals surface area contributed by atoms with E-state index in [1.165, 1.54) is 36.4 Å². The van der Waals surface area contributed by atoms with E-state index in [9.17, 15) is 14.9 Å². The molecule has 0 spiro atoms. The van der Waals surface area contributed by atoms with Gasteiger partial charge in [0.05, 0.1) is 9.95 Å². The van der Waals surface area contributed by atoms with Crippen molar-refractivity contribution in [3.63, 3.8) is 0 Å². The lowest BCUT2D eigenvalue weighted by molar-refractivity contribution is -0.386. The number of carbonyl (C=O) groups is 1. The molecule has 160 valence electrons. The number of hydrogen-bond donors (Lipinski definition) is 1. The third kappa shape index (κ3) is 5.53. The van der Waals surface area contributed by atoms with Crippen molar-refractivity contribution in [2.45, 2.75) is 13.5 Å². The van der Waals surface area contributed by atoms with Crippen LogP contribution in [0.25, 0.3) is 0 Å². The van der Waals surface area contributed by atoms with E-state index in [4.69, 9.17) is 42.9 Å². The summed E-state index contributed by atoms with van der Waals surface area (Å²) in [5, 5.41) is 15.4. The van der Waals surface area contributed by atoms with Crippen molar-refractivity contribution in [3.8, 4) is 5.75 Å². The van der Waals surface area contributed by atoms with E-state index in [2.05, 4.69) is 5.16 Å². The van der Waals surface area contributed by atoms with Crippen molar-refractivity contribution < 1.29 is 23.7 Å². The molecule has 2 N–H and O–H groups in total. The number of aryl methyl sites for hydroxylation is 1. The van der Waals surface area contributed by atoms with Crippen molar-refractivity contribution in [2.24, 2.45) is 10.9 Å². The second kappa shape index (κ2) is 9.50. The maximum absolute atomic E-state index is 12.1. The van der Waals surface area contributed by atoms with E-state index in [0.29, 0.717) is 10.6 Å². The first-order valence-electron chi connectivity index (χ1n) is 8.71. The molecule has 0 unspecified atom stereocenters. The molecule has 9 nitrogen and oxygen atoms in total. The van der Waals surface area contributed by atoms with Gasteiger partial charge in [-0.2, -0.15) is 0 Å². The summed E-state index contributed by atoms with van der Waals surface area (Å²) >= 11 is 11.8. The average molecular weight is 464 g/mol. The van der Waals surface area contributed by atoms with Gasteiger partial charge in [0.1, 0.15) is 12.4 Å². The molecule has 0 aliphatic carbocycles. The van der Waals surface area contributed by atoms with Gasteiger partial charge in [0.2, 0.25) is 5.76 Å². The number of hydrogen-bond acceptors (Lipinski definition) is 7. The SMILES string of the molecule is Cc1ccc(OCc2ccc(C(=O)O/N=C(\N)c3ccc(Cl)cc3Cl)o2)c([N+](=O)[O-])c1. The van der Waals surface area contributed by atoms with E-state index < -0.39 is 10.9 Å². The zero-order chi connectivity index (χ0) is 22.5. The molecule has 0 saturated heterocycles. The van der Waals surface area contributed by atoms with E-state index in [-0.39, 0.29) is 40.4 Å². The zero-order valence-electron chi connectivity index (χ0n) is 16.0. The predicted octanol–water partition coefficient (Wildman–Crippen LogP) is 4.86. The fourth-order valence-corrected chi connectivity index (χ4v) is 2.99. The highest BCUT2D eigenvalue weighted by Gasteiger charge is 2.18. The summed E-state index contributed by atoms with van der Waals surface area (Å²) in [4.78, 5) is 27.5. The summed E-state index contributed by atoms with van der Waals surface area (Å²) in [6.45, 7) is 1.60. The number of nitro benzene ring substituents is 1. The van der Waals surface area contributed by atoms with Gasteiger partial charge >= 0.3 is 11.7 Å². The highest BCUT2D eigenvalue weighted by molar-refractivity contribution is 6.36. The van der Waals surface area contributed by atoms with Crippen LogP contribution in [0.3, 0.4) is 0 Å². The molecular weight excluding hydrogens is 449 g/mol. The fraction of sp³-hybridized carbons (Fsp3) is 0.100. The fourth-order valence-electron chi connectivity index (χ4n) is 2.49. The van der Waals surface area contributed by atoms with Crippen LogP contribution in [-0.4, -0.2) is 16.7 Å². The molecule has 0 aliphatic heterocycles. The largest absolute Gasteiger partial charge is 0.479 e. The van der Waals surface area contributed by atoms with Gasteiger partial charge in [-0.05, 0) is 48.9 Å². The monoisotopic (exact) mass is 463 g/mol. The number of nitro groups is 1. The maximum Gasteiger partial charge on any atom is 0.400 e. The Morgan fingerprint density at radius 1 is 1.19 bits per heavy atom. The molecule has 1 aromatic heterocycles. The van der Waals surface area contributed by atoms with Gasteiger partial charge in [-0.3, -0.25) is 10.1 Å². The van der Waals surface area contributed by atoms with Gasteiger partial charge in [0.25, 0.3) is 0 Å². The number of carbonyl (C=O) groups excluding carboxylic acids is 1. The van der Waals surface area contributed by atoms with Crippen molar-refractivity contribution in [2.75, 3.05) is 0 Å². The average Bonchev–Trinajstić information content (AvgIpc) is 3.20. The molecule has 3 aromatic rings. The minimum absolute atomic E-state index is 0.0772. The van der Waals surface area contributed by atoms with Crippen LogP contribution in [0.4, 0.5) is 5.69 Å². The Balaban J connectivity index is 1.64. The molecule has 0 radical (unpaired) electrons. The van der Waals surface area contributed by atoms with Crippen LogP contribution in [-0.2, 0) is 11.4 Å². The Morgan fingerprint density at radius 3 is 2.68 bits per heavy atom. The number of benzene rings is 2. The molecule has 0 amide bonds. The first-order chi connectivity index (χ1) is 14.7. The Morgan fingerprint density at radius 2 is 1.97 bits per heavy atom. The van der Waals surface area contributed by atoms with Crippen LogP contribution >= 0.6 is 23.2 Å². The molecule has 1 heterocycles. The van der Waals surface area contributed by atoms with E-state index in [0.717, 1.165) is 5.56 Å². The van der Waals surface area contributed by atoms with Crippen LogP contribution in [0, 0.1) is 17.0 Å². The first kappa shape index (κ1) is 22.1. The third-order valence-electron chi connectivity index (χ3n) is 3.98. The van der Waals surface area contributed by atoms with E-state index in [1.54, 1.807) is 19.1 Å². The number of nitrogens with zero attached hydrogens (tertiary/aromatic N) is 2. The maximum atomic E-state index is 12.1. The molecule has 0 bridgehead atoms. The van der Waals surface area contributed by atoms with Crippen LogP contribution < -0.4 is 10.5 Å². The van der Waals surface area contributed by atoms with Crippen LogP contribution in [0.1, 0.15) is 27.4 Å². The highest BCUT2D eigenvalue weighted by Crippen LogP contribution is 2.28. The summed E-state index contributed by atoms with van der Waals surface area (Å²) in [6.07, 6.45) is 0. The summed E-state index contributed by atoms with van der Waals surface area (Å²) in [5.41, 5.74) is 6.67. The van der Waals surface area contributed by atoms with E-state index in [1.807, 2.05) is 0 Å². The lowest BCUT2D eigenvalue weighted by atomic mass is 10.2. The van der Waals surface area contributed by atoms with E-state index >= 15 is 0 Å². The molecule has 0 atom stereocenters. The molecule has 31 heavy (non-hydrogen) atoms. The number of ether oxygens (including phenoxy) is 1. The molecule has 11 heteroatoms. The van der Waals surface area contributed by atoms with Crippen molar-refractivity contribution in [3.05, 3.63) is 91.3 Å². The van der Waals surface area contributed by atoms with Crippen molar-refractivity contribution >= 4 is 40.7 Å². The number of oxime groups is 1. The number of nitrogens with two attached hydrogens (primary N) is 1. The number of halogens is 2. The quantitative estimate of drug-likeness (QED) is 0.174. The van der Waals surface area contributed by atoms with Crippen molar-refractivity contribution in [1.29, 1.82) is 0 Å². The van der Waals surface area contributed by atoms with Crippen molar-refractivity contribution in [1.82, 2.24) is 0 Å². The first-order valence-corrected chi connectivity index (χ1v) is 9.47. The summed E-state index contributed by atoms with van der Waals surface area (Å²) in [5.74, 6) is -0.860. The number of furan rings is 1. The molecule has 0 fully saturated rings. The minimum atomic E-state index is -0.902. The summed E-state index contributed by atoms with van der Waals surface area (Å²) < 4.78 is 10.8. The molecule has 3 rings (SSSR count). The summed E-state index contributed by atoms with van der Waals surface area (Å²) in [7, 11) is 0. The Hall–Kier alpha value is -3.56. The standard InChI is InChI=1S/C20H15Cl2N3O6/c1-11-2-6-17(16(8-11)25(27)28)29-10-13-4-7-18(30-13)20(26)31-24-19(23)14-5-3-12(21)9-15(14)22/h2-9H,10H2,1H3,(H2,23,24). The van der Waals surface area contributed by atoms with Gasteiger partial charge in [0.15, 0.2) is 11.6 Å². The van der Waals surface area contributed by atoms with Crippen LogP contribution in [0.5, 0.6) is 5.75 Å². The second-order valence-electron chi connectivity index (χ2n) is 6.26. The smallest absolute Gasteiger partial charge is 0.400 e. The van der Waals surface area contributed by atoms with Crippen LogP contribution in [0.2, 0.25) is 10.0 Å². The normalized spacial score (nSPS) is 11.3. The minimum Gasteiger partial charge on any atom is -0.479 e. The second-order valence-corrected chi connectivity index (χ2v) is 7.11. The molecular formula is C20H15Cl2N3O6. The molecule has 0 aliphatic rings. The topological polar surface area (TPSA) is 130 Å². The number of amidine groups is 1. The number of rotatable bonds is 7. The van der Waals surface area contributed by atoms with Gasteiger partial charge in [-0.25, -0.2) is 4.79 Å². The lowest BCUT2D eigenvalue weighted by Gasteiger charge is -2.05. The summed E-state index contributed by atoms with van der Waals surface area (Å²) in [6, 6.07) is 12.0. The van der Waals surface area contributed by atoms with Gasteiger partial charge in [-0.15, -0.1) is 0 Å². The molecule has 2 aromatic carbocycles. The predicted molar refractivity (Wildman–Crippen MR) is 113 cm³/mol. The Bertz CT molecular complexity index is 1180.